The second-order valence-electron chi connectivity index (χ2n) is 3.85. The zero-order valence-corrected chi connectivity index (χ0v) is 10.8. The first-order valence-electron chi connectivity index (χ1n) is 6.00. The molecule has 0 atom stereocenters. The summed E-state index contributed by atoms with van der Waals surface area (Å²) in [4.78, 5) is 11.5. The monoisotopic (exact) mass is 270 g/mol. The SMILES string of the molecule is C=CCOc1ccc(/C=N/NC(=O)c2ccco2)cc1. The van der Waals surface area contributed by atoms with Gasteiger partial charge in [0.25, 0.3) is 0 Å². The zero-order chi connectivity index (χ0) is 14.2. The summed E-state index contributed by atoms with van der Waals surface area (Å²) in [6.07, 6.45) is 4.65. The van der Waals surface area contributed by atoms with E-state index in [0.717, 1.165) is 11.3 Å². The van der Waals surface area contributed by atoms with E-state index in [1.165, 1.54) is 12.5 Å². The van der Waals surface area contributed by atoms with Crippen LogP contribution in [0, 0.1) is 0 Å². The van der Waals surface area contributed by atoms with Crippen LogP contribution in [0.1, 0.15) is 16.1 Å². The Kier molecular flexibility index (Phi) is 4.72. The molecule has 0 aliphatic rings. The molecule has 1 N–H and O–H groups in total. The van der Waals surface area contributed by atoms with Crippen LogP contribution in [0.3, 0.4) is 0 Å². The van der Waals surface area contributed by atoms with Gasteiger partial charge in [-0.15, -0.1) is 0 Å². The van der Waals surface area contributed by atoms with E-state index in [1.807, 2.05) is 24.3 Å². The van der Waals surface area contributed by atoms with Crippen LogP contribution in [0.5, 0.6) is 5.75 Å². The van der Waals surface area contributed by atoms with Gasteiger partial charge in [0.05, 0.1) is 12.5 Å². The van der Waals surface area contributed by atoms with Crippen LogP contribution in [0.25, 0.3) is 0 Å². The van der Waals surface area contributed by atoms with Crippen molar-refractivity contribution in [2.45, 2.75) is 0 Å². The molecule has 1 amide bonds. The largest absolute Gasteiger partial charge is 0.490 e. The van der Waals surface area contributed by atoms with E-state index < -0.39 is 5.91 Å². The zero-order valence-electron chi connectivity index (χ0n) is 10.8. The lowest BCUT2D eigenvalue weighted by molar-refractivity contribution is 0.0927. The molecule has 1 aromatic carbocycles. The number of ether oxygens (including phenoxy) is 1. The van der Waals surface area contributed by atoms with E-state index in [-0.39, 0.29) is 5.76 Å². The summed E-state index contributed by atoms with van der Waals surface area (Å²) in [5.74, 6) is 0.578. The highest BCUT2D eigenvalue weighted by Crippen LogP contribution is 2.10. The number of nitrogens with one attached hydrogen (secondary N) is 1. The maximum absolute atomic E-state index is 11.5. The van der Waals surface area contributed by atoms with Gasteiger partial charge in [-0.05, 0) is 42.0 Å². The lowest BCUT2D eigenvalue weighted by Crippen LogP contribution is -2.16. The highest BCUT2D eigenvalue weighted by molar-refractivity contribution is 5.92. The number of hydrogen-bond donors (Lipinski definition) is 1. The van der Waals surface area contributed by atoms with Crippen molar-refractivity contribution in [3.8, 4) is 5.75 Å². The Hall–Kier alpha value is -2.82. The van der Waals surface area contributed by atoms with E-state index in [0.29, 0.717) is 6.61 Å². The van der Waals surface area contributed by atoms with Crippen LogP contribution >= 0.6 is 0 Å². The highest BCUT2D eigenvalue weighted by Gasteiger charge is 2.05. The van der Waals surface area contributed by atoms with Crippen molar-refractivity contribution in [3.05, 3.63) is 66.6 Å². The number of hydrogen-bond acceptors (Lipinski definition) is 4. The molecule has 0 unspecified atom stereocenters. The fraction of sp³-hybridized carbons (Fsp3) is 0.0667. The summed E-state index contributed by atoms with van der Waals surface area (Å²) in [6, 6.07) is 10.5. The van der Waals surface area contributed by atoms with Crippen LogP contribution in [-0.4, -0.2) is 18.7 Å². The minimum atomic E-state index is -0.391. The van der Waals surface area contributed by atoms with Gasteiger partial charge in [0.2, 0.25) is 0 Å². The first kappa shape index (κ1) is 13.6. The molecule has 20 heavy (non-hydrogen) atoms. The smallest absolute Gasteiger partial charge is 0.307 e. The summed E-state index contributed by atoms with van der Waals surface area (Å²) in [6.45, 7) is 4.04. The molecular formula is C15H14N2O3. The van der Waals surface area contributed by atoms with E-state index >= 15 is 0 Å². The molecule has 0 aliphatic carbocycles. The Bertz CT molecular complexity index is 586. The Morgan fingerprint density at radius 2 is 2.15 bits per heavy atom. The molecular weight excluding hydrogens is 256 g/mol. The molecule has 2 rings (SSSR count). The van der Waals surface area contributed by atoms with Gasteiger partial charge in [-0.25, -0.2) is 5.43 Å². The van der Waals surface area contributed by atoms with Gasteiger partial charge < -0.3 is 9.15 Å². The molecule has 0 aliphatic heterocycles. The van der Waals surface area contributed by atoms with Gasteiger partial charge in [-0.2, -0.15) is 5.10 Å². The fourth-order valence-electron chi connectivity index (χ4n) is 1.43. The van der Waals surface area contributed by atoms with Crippen LogP contribution in [0.15, 0.2) is 64.8 Å². The van der Waals surface area contributed by atoms with Crippen LogP contribution in [0.4, 0.5) is 0 Å². The first-order valence-corrected chi connectivity index (χ1v) is 6.00. The molecule has 0 saturated heterocycles. The number of benzene rings is 1. The van der Waals surface area contributed by atoms with Crippen molar-refractivity contribution in [1.29, 1.82) is 0 Å². The molecule has 1 aromatic heterocycles. The topological polar surface area (TPSA) is 63.8 Å². The fourth-order valence-corrected chi connectivity index (χ4v) is 1.43. The Morgan fingerprint density at radius 3 is 2.80 bits per heavy atom. The van der Waals surface area contributed by atoms with E-state index in [1.54, 1.807) is 18.2 Å². The molecule has 0 spiro atoms. The minimum Gasteiger partial charge on any atom is -0.490 e. The normalized spacial score (nSPS) is 10.4. The molecule has 5 heteroatoms. The average Bonchev–Trinajstić information content (AvgIpc) is 3.00. The molecule has 0 saturated carbocycles. The number of amides is 1. The number of hydrazone groups is 1. The van der Waals surface area contributed by atoms with Crippen molar-refractivity contribution >= 4 is 12.1 Å². The third-order valence-electron chi connectivity index (χ3n) is 2.37. The van der Waals surface area contributed by atoms with Gasteiger partial charge in [0, 0.05) is 0 Å². The first-order chi connectivity index (χ1) is 9.79. The Balaban J connectivity index is 1.88. The van der Waals surface area contributed by atoms with E-state index in [4.69, 9.17) is 9.15 Å². The number of furan rings is 1. The van der Waals surface area contributed by atoms with Gasteiger partial charge in [-0.1, -0.05) is 12.7 Å². The lowest BCUT2D eigenvalue weighted by Gasteiger charge is -2.02. The van der Waals surface area contributed by atoms with Crippen molar-refractivity contribution in [2.24, 2.45) is 5.10 Å². The summed E-state index contributed by atoms with van der Waals surface area (Å²) in [5.41, 5.74) is 3.22. The third kappa shape index (κ3) is 3.84. The molecule has 0 fully saturated rings. The number of carbonyl (C=O) groups is 1. The predicted molar refractivity (Wildman–Crippen MR) is 75.9 cm³/mol. The molecule has 102 valence electrons. The summed E-state index contributed by atoms with van der Waals surface area (Å²) in [7, 11) is 0. The van der Waals surface area contributed by atoms with Crippen LogP contribution in [-0.2, 0) is 0 Å². The van der Waals surface area contributed by atoms with Gasteiger partial charge in [0.15, 0.2) is 5.76 Å². The quantitative estimate of drug-likeness (QED) is 0.498. The van der Waals surface area contributed by atoms with Crippen molar-refractivity contribution in [3.63, 3.8) is 0 Å². The summed E-state index contributed by atoms with van der Waals surface area (Å²) < 4.78 is 10.3. The van der Waals surface area contributed by atoms with Gasteiger partial charge in [0.1, 0.15) is 12.4 Å². The number of rotatable bonds is 6. The standard InChI is InChI=1S/C15H14N2O3/c1-2-9-19-13-7-5-12(6-8-13)11-16-17-15(18)14-4-3-10-20-14/h2-8,10-11H,1,9H2,(H,17,18)/b16-11+. The minimum absolute atomic E-state index is 0.218. The summed E-state index contributed by atoms with van der Waals surface area (Å²) >= 11 is 0. The molecule has 2 aromatic rings. The Labute approximate surface area is 116 Å². The van der Waals surface area contributed by atoms with Crippen molar-refractivity contribution in [2.75, 3.05) is 6.61 Å². The summed E-state index contributed by atoms with van der Waals surface area (Å²) in [5, 5.41) is 3.85. The predicted octanol–water partition coefficient (Wildman–Crippen LogP) is 2.61. The molecule has 0 radical (unpaired) electrons. The second-order valence-corrected chi connectivity index (χ2v) is 3.85. The molecule has 1 heterocycles. The van der Waals surface area contributed by atoms with Gasteiger partial charge in [-0.3, -0.25) is 4.79 Å². The number of carbonyl (C=O) groups excluding carboxylic acids is 1. The Morgan fingerprint density at radius 1 is 1.35 bits per heavy atom. The van der Waals surface area contributed by atoms with Crippen LogP contribution < -0.4 is 10.2 Å². The third-order valence-corrected chi connectivity index (χ3v) is 2.37. The maximum atomic E-state index is 11.5. The molecule has 5 nitrogen and oxygen atoms in total. The van der Waals surface area contributed by atoms with Crippen molar-refractivity contribution in [1.82, 2.24) is 5.43 Å². The maximum Gasteiger partial charge on any atom is 0.307 e. The number of nitrogens with zero attached hydrogens (tertiary/aromatic N) is 1. The van der Waals surface area contributed by atoms with E-state index in [9.17, 15) is 4.79 Å². The average molecular weight is 270 g/mol. The molecule has 0 bridgehead atoms. The van der Waals surface area contributed by atoms with E-state index in [2.05, 4.69) is 17.1 Å². The lowest BCUT2D eigenvalue weighted by atomic mass is 10.2. The highest BCUT2D eigenvalue weighted by atomic mass is 16.5. The van der Waals surface area contributed by atoms with Crippen LogP contribution in [0.2, 0.25) is 0 Å². The van der Waals surface area contributed by atoms with Crippen molar-refractivity contribution < 1.29 is 13.9 Å². The van der Waals surface area contributed by atoms with Gasteiger partial charge >= 0.3 is 5.91 Å². The second kappa shape index (κ2) is 6.94.